The molecule has 1 saturated heterocycles. The Balaban J connectivity index is 1.88. The van der Waals surface area contributed by atoms with E-state index in [1.807, 2.05) is 15.9 Å². The molecule has 1 amide bonds. The summed E-state index contributed by atoms with van der Waals surface area (Å²) >= 11 is 3.42. The predicted molar refractivity (Wildman–Crippen MR) is 114 cm³/mol. The van der Waals surface area contributed by atoms with Gasteiger partial charge >= 0.3 is 11.9 Å². The minimum Gasteiger partial charge on any atom is -0.480 e. The van der Waals surface area contributed by atoms with Gasteiger partial charge in [-0.15, -0.1) is 0 Å². The molecule has 0 spiro atoms. The highest BCUT2D eigenvalue weighted by atomic mass is 79.9. The number of fused-ring (bicyclic) bond motifs is 1. The van der Waals surface area contributed by atoms with Crippen molar-refractivity contribution in [3.8, 4) is 0 Å². The zero-order valence-electron chi connectivity index (χ0n) is 16.9. The minimum atomic E-state index is -0.993. The molecule has 1 aliphatic heterocycles. The van der Waals surface area contributed by atoms with Crippen LogP contribution in [0.3, 0.4) is 0 Å². The van der Waals surface area contributed by atoms with E-state index in [-0.39, 0.29) is 12.5 Å². The summed E-state index contributed by atoms with van der Waals surface area (Å²) in [5, 5.41) is 20.0. The number of carboxylic acids is 2. The topological polar surface area (TPSA) is 106 Å². The van der Waals surface area contributed by atoms with Crippen LogP contribution in [0.1, 0.15) is 11.6 Å². The van der Waals surface area contributed by atoms with Crippen LogP contribution in [0.4, 0.5) is 0 Å². The molecule has 1 aliphatic rings. The van der Waals surface area contributed by atoms with Crippen LogP contribution in [-0.2, 0) is 20.9 Å². The zero-order chi connectivity index (χ0) is 22.0. The quantitative estimate of drug-likeness (QED) is 0.615. The SMILES string of the molecule is CN(C)C(=O)CN1CCN([C@H](C(=O)O)c2cn(CC(=O)O)c3ccc(Br)cc23)CC1. The Morgan fingerprint density at radius 3 is 2.33 bits per heavy atom. The number of amides is 1. The molecule has 0 radical (unpaired) electrons. The lowest BCUT2D eigenvalue weighted by Crippen LogP contribution is -2.51. The first-order chi connectivity index (χ1) is 14.2. The molecule has 30 heavy (non-hydrogen) atoms. The zero-order valence-corrected chi connectivity index (χ0v) is 18.5. The molecule has 2 N–H and O–H groups in total. The number of halogens is 1. The van der Waals surface area contributed by atoms with Gasteiger partial charge in [0.15, 0.2) is 0 Å². The van der Waals surface area contributed by atoms with Gasteiger partial charge in [-0.25, -0.2) is 0 Å². The van der Waals surface area contributed by atoms with Gasteiger partial charge in [0.2, 0.25) is 5.91 Å². The molecule has 162 valence electrons. The predicted octanol–water partition coefficient (Wildman–Crippen LogP) is 1.32. The van der Waals surface area contributed by atoms with Gasteiger partial charge in [-0.3, -0.25) is 24.2 Å². The van der Waals surface area contributed by atoms with Gasteiger partial charge in [0.1, 0.15) is 12.6 Å². The van der Waals surface area contributed by atoms with Crippen molar-refractivity contribution in [2.24, 2.45) is 0 Å². The molecule has 1 aromatic heterocycles. The smallest absolute Gasteiger partial charge is 0.325 e. The van der Waals surface area contributed by atoms with Gasteiger partial charge in [0, 0.05) is 67.4 Å². The second-order valence-electron chi connectivity index (χ2n) is 7.61. The molecule has 0 unspecified atom stereocenters. The third kappa shape index (κ3) is 4.82. The Bertz CT molecular complexity index is 966. The van der Waals surface area contributed by atoms with Crippen molar-refractivity contribution in [1.29, 1.82) is 0 Å². The molecule has 0 saturated carbocycles. The van der Waals surface area contributed by atoms with E-state index in [4.69, 9.17) is 0 Å². The number of likely N-dealkylation sites (N-methyl/N-ethyl adjacent to an activating group) is 1. The van der Waals surface area contributed by atoms with E-state index in [0.717, 1.165) is 4.47 Å². The highest BCUT2D eigenvalue weighted by Gasteiger charge is 2.33. The van der Waals surface area contributed by atoms with E-state index in [9.17, 15) is 24.6 Å². The molecule has 2 heterocycles. The van der Waals surface area contributed by atoms with E-state index in [1.165, 1.54) is 0 Å². The number of aromatic nitrogens is 1. The van der Waals surface area contributed by atoms with E-state index in [0.29, 0.717) is 49.2 Å². The van der Waals surface area contributed by atoms with Crippen molar-refractivity contribution in [3.05, 3.63) is 34.4 Å². The molecule has 0 aliphatic carbocycles. The first-order valence-electron chi connectivity index (χ1n) is 9.57. The van der Waals surface area contributed by atoms with Crippen molar-refractivity contribution < 1.29 is 24.6 Å². The fourth-order valence-electron chi connectivity index (χ4n) is 3.79. The van der Waals surface area contributed by atoms with Crippen molar-refractivity contribution in [2.75, 3.05) is 46.8 Å². The molecule has 1 fully saturated rings. The number of nitrogens with zero attached hydrogens (tertiary/aromatic N) is 4. The van der Waals surface area contributed by atoms with Crippen LogP contribution in [0.5, 0.6) is 0 Å². The third-order valence-corrected chi connectivity index (χ3v) is 5.83. The van der Waals surface area contributed by atoms with Gasteiger partial charge in [-0.05, 0) is 18.2 Å². The molecule has 10 heteroatoms. The highest BCUT2D eigenvalue weighted by Crippen LogP contribution is 2.33. The standard InChI is InChI=1S/C20H25BrN4O5/c1-22(2)17(26)11-23-5-7-24(8-6-23)19(20(29)30)15-10-25(12-18(27)28)16-4-3-13(21)9-14(15)16/h3-4,9-10,19H,5-8,11-12H2,1-2H3,(H,27,28)(H,29,30)/t19-/m0/s1. The Morgan fingerprint density at radius 2 is 1.77 bits per heavy atom. The summed E-state index contributed by atoms with van der Waals surface area (Å²) in [6, 6.07) is 4.52. The number of carboxylic acid groups (broad SMARTS) is 2. The van der Waals surface area contributed by atoms with Gasteiger partial charge in [-0.1, -0.05) is 15.9 Å². The summed E-state index contributed by atoms with van der Waals surface area (Å²) in [6.07, 6.45) is 1.63. The molecule has 9 nitrogen and oxygen atoms in total. The van der Waals surface area contributed by atoms with Crippen LogP contribution in [0.25, 0.3) is 10.9 Å². The Hall–Kier alpha value is -2.43. The number of rotatable bonds is 7. The van der Waals surface area contributed by atoms with Crippen molar-refractivity contribution in [3.63, 3.8) is 0 Å². The average molecular weight is 481 g/mol. The number of piperazine rings is 1. The molecule has 3 rings (SSSR count). The maximum atomic E-state index is 12.3. The molecule has 1 aromatic carbocycles. The first kappa shape index (κ1) is 22.3. The number of hydrogen-bond donors (Lipinski definition) is 2. The van der Waals surface area contributed by atoms with Crippen LogP contribution in [0.2, 0.25) is 0 Å². The Morgan fingerprint density at radius 1 is 1.10 bits per heavy atom. The summed E-state index contributed by atoms with van der Waals surface area (Å²) in [4.78, 5) is 40.9. The summed E-state index contributed by atoms with van der Waals surface area (Å²) in [6.45, 7) is 2.23. The van der Waals surface area contributed by atoms with Gasteiger partial charge in [0.05, 0.1) is 6.54 Å². The third-order valence-electron chi connectivity index (χ3n) is 5.34. The van der Waals surface area contributed by atoms with Crippen molar-refractivity contribution >= 4 is 44.7 Å². The van der Waals surface area contributed by atoms with Crippen LogP contribution >= 0.6 is 15.9 Å². The lowest BCUT2D eigenvalue weighted by atomic mass is 10.0. The largest absolute Gasteiger partial charge is 0.480 e. The van der Waals surface area contributed by atoms with Crippen LogP contribution < -0.4 is 0 Å². The monoisotopic (exact) mass is 480 g/mol. The first-order valence-corrected chi connectivity index (χ1v) is 10.4. The molecular formula is C20H25BrN4O5. The summed E-state index contributed by atoms with van der Waals surface area (Å²) in [7, 11) is 3.42. The Labute approximate surface area is 182 Å². The van der Waals surface area contributed by atoms with Crippen LogP contribution in [0, 0.1) is 0 Å². The molecule has 0 bridgehead atoms. The summed E-state index contributed by atoms with van der Waals surface area (Å²) in [5.41, 5.74) is 1.25. The summed E-state index contributed by atoms with van der Waals surface area (Å²) < 4.78 is 2.36. The van der Waals surface area contributed by atoms with E-state index >= 15 is 0 Å². The maximum absolute atomic E-state index is 12.3. The second kappa shape index (κ2) is 9.15. The van der Waals surface area contributed by atoms with E-state index in [2.05, 4.69) is 15.9 Å². The van der Waals surface area contributed by atoms with Crippen molar-refractivity contribution in [1.82, 2.24) is 19.3 Å². The highest BCUT2D eigenvalue weighted by molar-refractivity contribution is 9.10. The van der Waals surface area contributed by atoms with Crippen LogP contribution in [0.15, 0.2) is 28.9 Å². The van der Waals surface area contributed by atoms with E-state index in [1.54, 1.807) is 41.9 Å². The van der Waals surface area contributed by atoms with Gasteiger partial charge < -0.3 is 19.7 Å². The number of carbonyl (C=O) groups excluding carboxylic acids is 1. The number of aliphatic carboxylic acids is 2. The van der Waals surface area contributed by atoms with Crippen molar-refractivity contribution in [2.45, 2.75) is 12.6 Å². The minimum absolute atomic E-state index is 0.0137. The van der Waals surface area contributed by atoms with Gasteiger partial charge in [0.25, 0.3) is 0 Å². The van der Waals surface area contributed by atoms with E-state index < -0.39 is 18.0 Å². The fourth-order valence-corrected chi connectivity index (χ4v) is 4.15. The normalized spacial score (nSPS) is 16.5. The maximum Gasteiger partial charge on any atom is 0.325 e. The lowest BCUT2D eigenvalue weighted by molar-refractivity contribution is -0.145. The second-order valence-corrected chi connectivity index (χ2v) is 8.52. The molecule has 1 atom stereocenters. The Kier molecular flexibility index (Phi) is 6.79. The lowest BCUT2D eigenvalue weighted by Gasteiger charge is -2.37. The van der Waals surface area contributed by atoms with Crippen LogP contribution in [-0.4, -0.2) is 94.1 Å². The summed E-state index contributed by atoms with van der Waals surface area (Å²) in [5.74, 6) is -1.96. The fraction of sp³-hybridized carbons (Fsp3) is 0.450. The number of hydrogen-bond acceptors (Lipinski definition) is 5. The van der Waals surface area contributed by atoms with Gasteiger partial charge in [-0.2, -0.15) is 0 Å². The average Bonchev–Trinajstić information content (AvgIpc) is 2.99. The number of benzene rings is 1. The molecule has 2 aromatic rings. The molecular weight excluding hydrogens is 456 g/mol. The number of carbonyl (C=O) groups is 3.